The van der Waals surface area contributed by atoms with Gasteiger partial charge in [-0.2, -0.15) is 0 Å². The molecule has 6 heteroatoms. The number of unbranched alkanes of at least 4 members (excludes halogenated alkanes) is 1. The molecular formula is C16H23IO5. The van der Waals surface area contributed by atoms with E-state index >= 15 is 0 Å². The van der Waals surface area contributed by atoms with Gasteiger partial charge in [0.05, 0.1) is 13.2 Å². The van der Waals surface area contributed by atoms with Gasteiger partial charge in [0.25, 0.3) is 0 Å². The fourth-order valence-electron chi connectivity index (χ4n) is 2.58. The van der Waals surface area contributed by atoms with Gasteiger partial charge in [-0.1, -0.05) is 22.6 Å². The van der Waals surface area contributed by atoms with E-state index in [4.69, 9.17) is 14.2 Å². The highest BCUT2D eigenvalue weighted by molar-refractivity contribution is 14.1. The van der Waals surface area contributed by atoms with Crippen LogP contribution < -0.4 is 0 Å². The molecular weight excluding hydrogens is 399 g/mol. The van der Waals surface area contributed by atoms with Crippen molar-refractivity contribution >= 4 is 28.6 Å². The zero-order valence-corrected chi connectivity index (χ0v) is 15.4. The fourth-order valence-corrected chi connectivity index (χ4v) is 3.26. The van der Waals surface area contributed by atoms with Crippen LogP contribution in [0.5, 0.6) is 0 Å². The average Bonchev–Trinajstić information content (AvgIpc) is 2.95. The SMILES string of the molecule is COC(=O)CCCC#CC[C@@H](I)[C@@H]1C[C@H]2OC(C)(C)O[C@H]2O1. The minimum atomic E-state index is -0.541. The molecule has 0 spiro atoms. The van der Waals surface area contributed by atoms with Crippen molar-refractivity contribution in [2.24, 2.45) is 0 Å². The Labute approximate surface area is 145 Å². The smallest absolute Gasteiger partial charge is 0.305 e. The van der Waals surface area contributed by atoms with Crippen LogP contribution in [0, 0.1) is 11.8 Å². The van der Waals surface area contributed by atoms with Crippen molar-refractivity contribution in [1.29, 1.82) is 0 Å². The maximum absolute atomic E-state index is 11.0. The van der Waals surface area contributed by atoms with E-state index in [-0.39, 0.29) is 24.5 Å². The van der Waals surface area contributed by atoms with Gasteiger partial charge in [0, 0.05) is 29.6 Å². The lowest BCUT2D eigenvalue weighted by Gasteiger charge is -2.22. The van der Waals surface area contributed by atoms with E-state index in [1.54, 1.807) is 0 Å². The number of hydrogen-bond donors (Lipinski definition) is 0. The van der Waals surface area contributed by atoms with E-state index in [1.165, 1.54) is 7.11 Å². The first-order valence-corrected chi connectivity index (χ1v) is 8.83. The zero-order valence-electron chi connectivity index (χ0n) is 13.3. The van der Waals surface area contributed by atoms with Gasteiger partial charge in [-0.3, -0.25) is 4.79 Å². The molecule has 0 aromatic rings. The van der Waals surface area contributed by atoms with E-state index in [0.29, 0.717) is 10.3 Å². The van der Waals surface area contributed by atoms with E-state index in [9.17, 15) is 4.79 Å². The average molecular weight is 422 g/mol. The Hall–Kier alpha value is -0.360. The molecule has 22 heavy (non-hydrogen) atoms. The lowest BCUT2D eigenvalue weighted by atomic mass is 10.1. The van der Waals surface area contributed by atoms with Crippen LogP contribution in [0.4, 0.5) is 0 Å². The minimum Gasteiger partial charge on any atom is -0.469 e. The molecule has 0 saturated carbocycles. The van der Waals surface area contributed by atoms with E-state index < -0.39 is 5.79 Å². The number of carbonyl (C=O) groups excluding carboxylic acids is 1. The Kier molecular flexibility index (Phi) is 6.50. The lowest BCUT2D eigenvalue weighted by molar-refractivity contribution is -0.204. The van der Waals surface area contributed by atoms with Crippen LogP contribution >= 0.6 is 22.6 Å². The van der Waals surface area contributed by atoms with Crippen LogP contribution in [-0.4, -0.2) is 41.3 Å². The Balaban J connectivity index is 1.65. The van der Waals surface area contributed by atoms with Crippen molar-refractivity contribution in [3.63, 3.8) is 0 Å². The van der Waals surface area contributed by atoms with E-state index in [1.807, 2.05) is 13.8 Å². The van der Waals surface area contributed by atoms with Gasteiger partial charge < -0.3 is 18.9 Å². The predicted octanol–water partition coefficient (Wildman–Crippen LogP) is 2.79. The van der Waals surface area contributed by atoms with Crippen LogP contribution in [0.1, 0.15) is 46.0 Å². The largest absolute Gasteiger partial charge is 0.469 e. The summed E-state index contributed by atoms with van der Waals surface area (Å²) in [6, 6.07) is 0. The van der Waals surface area contributed by atoms with Crippen molar-refractivity contribution in [3.8, 4) is 11.8 Å². The van der Waals surface area contributed by atoms with Gasteiger partial charge in [0.1, 0.15) is 6.10 Å². The molecule has 2 rings (SSSR count). The standard InChI is InChI=1S/C16H23IO5/c1-16(2)21-13-10-12(20-15(13)22-16)11(17)8-6-4-5-7-9-14(18)19-3/h11-13,15H,5,7-10H2,1-3H3/t11-,12+,13-,15-/m1/s1. The van der Waals surface area contributed by atoms with Crippen molar-refractivity contribution in [2.75, 3.05) is 7.11 Å². The van der Waals surface area contributed by atoms with Gasteiger partial charge in [-0.25, -0.2) is 0 Å². The minimum absolute atomic E-state index is 0.0327. The van der Waals surface area contributed by atoms with Crippen LogP contribution in [0.3, 0.4) is 0 Å². The summed E-state index contributed by atoms with van der Waals surface area (Å²) >= 11 is 2.38. The summed E-state index contributed by atoms with van der Waals surface area (Å²) in [4.78, 5) is 11.0. The van der Waals surface area contributed by atoms with Gasteiger partial charge >= 0.3 is 5.97 Å². The van der Waals surface area contributed by atoms with Crippen molar-refractivity contribution < 1.29 is 23.7 Å². The van der Waals surface area contributed by atoms with Gasteiger partial charge in [0.2, 0.25) is 0 Å². The number of rotatable bonds is 5. The summed E-state index contributed by atoms with van der Waals surface area (Å²) in [6.45, 7) is 3.82. The molecule has 0 radical (unpaired) electrons. The van der Waals surface area contributed by atoms with Crippen LogP contribution in [0.25, 0.3) is 0 Å². The number of halogens is 1. The Morgan fingerprint density at radius 3 is 2.86 bits per heavy atom. The quantitative estimate of drug-likeness (QED) is 0.224. The third-order valence-electron chi connectivity index (χ3n) is 3.65. The molecule has 0 aromatic heterocycles. The summed E-state index contributed by atoms with van der Waals surface area (Å²) in [5.41, 5.74) is 0. The second-order valence-corrected chi connectivity index (χ2v) is 7.56. The lowest BCUT2D eigenvalue weighted by Crippen LogP contribution is -2.27. The van der Waals surface area contributed by atoms with Crippen LogP contribution in [0.2, 0.25) is 0 Å². The summed E-state index contributed by atoms with van der Waals surface area (Å²) in [6.07, 6.45) is 3.42. The van der Waals surface area contributed by atoms with Gasteiger partial charge in [0.15, 0.2) is 12.1 Å². The monoisotopic (exact) mass is 422 g/mol. The first-order valence-electron chi connectivity index (χ1n) is 7.59. The van der Waals surface area contributed by atoms with Gasteiger partial charge in [-0.15, -0.1) is 11.8 Å². The number of esters is 1. The second-order valence-electron chi connectivity index (χ2n) is 5.96. The molecule has 124 valence electrons. The van der Waals surface area contributed by atoms with Crippen molar-refractivity contribution in [3.05, 3.63) is 0 Å². The molecule has 4 atom stereocenters. The molecule has 2 fully saturated rings. The van der Waals surface area contributed by atoms with Crippen molar-refractivity contribution in [2.45, 2.75) is 74.2 Å². The maximum Gasteiger partial charge on any atom is 0.305 e. The van der Waals surface area contributed by atoms with Crippen molar-refractivity contribution in [1.82, 2.24) is 0 Å². The zero-order chi connectivity index (χ0) is 16.2. The Bertz CT molecular complexity index is 437. The van der Waals surface area contributed by atoms with Crippen LogP contribution in [0.15, 0.2) is 0 Å². The molecule has 0 aliphatic carbocycles. The summed E-state index contributed by atoms with van der Waals surface area (Å²) in [5.74, 6) is 5.55. The van der Waals surface area contributed by atoms with E-state index in [2.05, 4.69) is 39.2 Å². The van der Waals surface area contributed by atoms with Gasteiger partial charge in [-0.05, 0) is 20.3 Å². The normalized spacial score (nSPS) is 30.3. The predicted molar refractivity (Wildman–Crippen MR) is 89.4 cm³/mol. The summed E-state index contributed by atoms with van der Waals surface area (Å²) in [7, 11) is 1.40. The van der Waals surface area contributed by atoms with Crippen LogP contribution in [-0.2, 0) is 23.7 Å². The topological polar surface area (TPSA) is 54.0 Å². The molecule has 5 nitrogen and oxygen atoms in total. The summed E-state index contributed by atoms with van der Waals surface area (Å²) in [5, 5.41) is 0. The molecule has 2 aliphatic heterocycles. The third kappa shape index (κ3) is 5.08. The highest BCUT2D eigenvalue weighted by Gasteiger charge is 2.49. The Morgan fingerprint density at radius 2 is 2.18 bits per heavy atom. The number of ether oxygens (including phenoxy) is 4. The Morgan fingerprint density at radius 1 is 1.41 bits per heavy atom. The molecule has 2 saturated heterocycles. The first kappa shape index (κ1) is 18.0. The molecule has 0 aromatic carbocycles. The molecule has 0 bridgehead atoms. The highest BCUT2D eigenvalue weighted by Crippen LogP contribution is 2.39. The van der Waals surface area contributed by atoms with E-state index in [0.717, 1.165) is 25.7 Å². The molecule has 0 amide bonds. The number of fused-ring (bicyclic) bond motifs is 1. The number of methoxy groups -OCH3 is 1. The first-order chi connectivity index (χ1) is 10.4. The molecule has 2 heterocycles. The molecule has 2 aliphatic rings. The highest BCUT2D eigenvalue weighted by atomic mass is 127. The maximum atomic E-state index is 11.0. The molecule has 0 unspecified atom stereocenters. The summed E-state index contributed by atoms with van der Waals surface area (Å²) < 4.78 is 22.3. The fraction of sp³-hybridized carbons (Fsp3) is 0.812. The number of carbonyl (C=O) groups is 1. The number of hydrogen-bond acceptors (Lipinski definition) is 5. The third-order valence-corrected chi connectivity index (χ3v) is 4.89. The number of alkyl halides is 1. The second kappa shape index (κ2) is 7.95. The molecule has 0 N–H and O–H groups in total.